The fraction of sp³-hybridized carbons (Fsp3) is 0.304. The number of aryl methyl sites for hydroxylation is 1. The van der Waals surface area contributed by atoms with Crippen LogP contribution in [0.5, 0.6) is 5.75 Å². The second-order valence-electron chi connectivity index (χ2n) is 7.94. The lowest BCUT2D eigenvalue weighted by Gasteiger charge is -2.27. The van der Waals surface area contributed by atoms with Gasteiger partial charge in [0, 0.05) is 25.8 Å². The van der Waals surface area contributed by atoms with Crippen molar-refractivity contribution >= 4 is 5.91 Å². The van der Waals surface area contributed by atoms with Crippen LogP contribution < -0.4 is 4.74 Å². The lowest BCUT2D eigenvalue weighted by atomic mass is 9.98. The van der Waals surface area contributed by atoms with Crippen molar-refractivity contribution < 1.29 is 35.9 Å². The van der Waals surface area contributed by atoms with Crippen LogP contribution >= 0.6 is 0 Å². The maximum absolute atomic E-state index is 13.6. The summed E-state index contributed by atoms with van der Waals surface area (Å²) in [6.45, 7) is 3.34. The smallest absolute Gasteiger partial charge is 0.406 e. The zero-order chi connectivity index (χ0) is 25.3. The molecule has 0 N–H and O–H groups in total. The number of amides is 1. The highest BCUT2D eigenvalue weighted by molar-refractivity contribution is 5.92. The molecule has 0 aliphatic heterocycles. The Kier molecular flexibility index (Phi) is 6.94. The van der Waals surface area contributed by atoms with Gasteiger partial charge in [0.25, 0.3) is 5.91 Å². The van der Waals surface area contributed by atoms with E-state index < -0.39 is 29.8 Å². The number of alkyl halides is 6. The van der Waals surface area contributed by atoms with Crippen LogP contribution in [0, 0.1) is 0 Å². The monoisotopic (exact) mass is 485 g/mol. The number of nitrogens with zero attached hydrogens (tertiary/aromatic N) is 3. The number of carbonyl (C=O) groups excluding carboxylic acids is 1. The van der Waals surface area contributed by atoms with Crippen molar-refractivity contribution in [1.29, 1.82) is 0 Å². The minimum atomic E-state index is -4.88. The Hall–Kier alpha value is -3.50. The minimum Gasteiger partial charge on any atom is -0.406 e. The Balaban J connectivity index is 1.97. The van der Waals surface area contributed by atoms with Crippen molar-refractivity contribution in [2.75, 3.05) is 0 Å². The molecule has 0 saturated heterocycles. The van der Waals surface area contributed by atoms with Crippen LogP contribution in [0.3, 0.4) is 0 Å². The van der Waals surface area contributed by atoms with Crippen molar-refractivity contribution in [2.45, 2.75) is 39.0 Å². The van der Waals surface area contributed by atoms with Gasteiger partial charge in [-0.05, 0) is 60.9 Å². The van der Waals surface area contributed by atoms with Gasteiger partial charge in [-0.25, -0.2) is 4.98 Å². The summed E-state index contributed by atoms with van der Waals surface area (Å²) in [7, 11) is 1.69. The summed E-state index contributed by atoms with van der Waals surface area (Å²) in [4.78, 5) is 18.3. The van der Waals surface area contributed by atoms with E-state index in [1.807, 2.05) is 0 Å². The van der Waals surface area contributed by atoms with E-state index in [0.717, 1.165) is 24.3 Å². The normalized spacial score (nSPS) is 12.2. The predicted molar refractivity (Wildman–Crippen MR) is 112 cm³/mol. The molecule has 0 radical (unpaired) electrons. The predicted octanol–water partition coefficient (Wildman–Crippen LogP) is 6.06. The molecule has 0 spiro atoms. The molecule has 0 saturated carbocycles. The summed E-state index contributed by atoms with van der Waals surface area (Å²) < 4.78 is 83.4. The first-order chi connectivity index (χ1) is 15.7. The second kappa shape index (κ2) is 9.40. The van der Waals surface area contributed by atoms with E-state index in [4.69, 9.17) is 0 Å². The number of benzene rings is 2. The number of carbonyl (C=O) groups is 1. The minimum absolute atomic E-state index is 0.126. The highest BCUT2D eigenvalue weighted by Gasteiger charge is 2.33. The Morgan fingerprint density at radius 2 is 1.68 bits per heavy atom. The van der Waals surface area contributed by atoms with E-state index in [2.05, 4.69) is 9.72 Å². The molecular weight excluding hydrogens is 464 g/mol. The van der Waals surface area contributed by atoms with Gasteiger partial charge in [0.2, 0.25) is 0 Å². The first kappa shape index (κ1) is 25.1. The van der Waals surface area contributed by atoms with Gasteiger partial charge in [0.05, 0.1) is 11.9 Å². The number of rotatable bonds is 6. The number of hydrogen-bond acceptors (Lipinski definition) is 3. The molecule has 3 aromatic rings. The molecule has 3 rings (SSSR count). The maximum Gasteiger partial charge on any atom is 0.573 e. The summed E-state index contributed by atoms with van der Waals surface area (Å²) in [5, 5.41) is 0. The standard InChI is InChI=1S/C23H21F6N3O2/c1-14(2)32(21(33)20-12-31(3)13-30-20)11-15-8-17(10-18(9-15)22(24,25)26)16-4-6-19(7-5-16)34-23(27,28)29/h4-10,12-14H,11H2,1-3H3. The van der Waals surface area contributed by atoms with Crippen LogP contribution in [-0.2, 0) is 19.8 Å². The molecule has 1 heterocycles. The van der Waals surface area contributed by atoms with Crippen molar-refractivity contribution in [3.8, 4) is 16.9 Å². The largest absolute Gasteiger partial charge is 0.573 e. The SMILES string of the molecule is CC(C)N(Cc1cc(-c2ccc(OC(F)(F)F)cc2)cc(C(F)(F)F)c1)C(=O)c1cn(C)cn1. The first-order valence-electron chi connectivity index (χ1n) is 10.1. The molecule has 0 unspecified atom stereocenters. The first-order valence-corrected chi connectivity index (χ1v) is 10.1. The lowest BCUT2D eigenvalue weighted by molar-refractivity contribution is -0.274. The fourth-order valence-electron chi connectivity index (χ4n) is 3.32. The average Bonchev–Trinajstić information content (AvgIpc) is 3.16. The van der Waals surface area contributed by atoms with E-state index in [0.29, 0.717) is 0 Å². The van der Waals surface area contributed by atoms with Crippen molar-refractivity contribution in [1.82, 2.24) is 14.5 Å². The van der Waals surface area contributed by atoms with Gasteiger partial charge in [0.1, 0.15) is 11.4 Å². The molecule has 1 aromatic heterocycles. The average molecular weight is 485 g/mol. The summed E-state index contributed by atoms with van der Waals surface area (Å²) in [5.74, 6) is -0.932. The maximum atomic E-state index is 13.6. The molecule has 0 aliphatic rings. The van der Waals surface area contributed by atoms with Crippen LogP contribution in [0.2, 0.25) is 0 Å². The number of ether oxygens (including phenoxy) is 1. The number of aromatic nitrogens is 2. The summed E-state index contributed by atoms with van der Waals surface area (Å²) in [5.41, 5.74) is -0.182. The van der Waals surface area contributed by atoms with Crippen LogP contribution in [0.4, 0.5) is 26.3 Å². The van der Waals surface area contributed by atoms with Gasteiger partial charge in [-0.1, -0.05) is 12.1 Å². The third kappa shape index (κ3) is 6.30. The van der Waals surface area contributed by atoms with Gasteiger partial charge in [0.15, 0.2) is 0 Å². The Morgan fingerprint density at radius 1 is 1.03 bits per heavy atom. The molecule has 11 heteroatoms. The molecule has 182 valence electrons. The van der Waals surface area contributed by atoms with Crippen LogP contribution in [0.1, 0.15) is 35.5 Å². The van der Waals surface area contributed by atoms with E-state index in [9.17, 15) is 31.1 Å². The fourth-order valence-corrected chi connectivity index (χ4v) is 3.32. The van der Waals surface area contributed by atoms with Crippen molar-refractivity contribution in [3.63, 3.8) is 0 Å². The van der Waals surface area contributed by atoms with E-state index >= 15 is 0 Å². The van der Waals surface area contributed by atoms with Crippen molar-refractivity contribution in [3.05, 3.63) is 71.8 Å². The Bertz CT molecular complexity index is 1150. The number of hydrogen-bond donors (Lipinski definition) is 0. The van der Waals surface area contributed by atoms with Crippen LogP contribution in [0.15, 0.2) is 55.0 Å². The lowest BCUT2D eigenvalue weighted by Crippen LogP contribution is -2.36. The molecule has 34 heavy (non-hydrogen) atoms. The van der Waals surface area contributed by atoms with Gasteiger partial charge >= 0.3 is 12.5 Å². The van der Waals surface area contributed by atoms with Crippen LogP contribution in [-0.4, -0.2) is 32.8 Å². The number of halogens is 6. The number of imidazole rings is 1. The molecule has 0 atom stereocenters. The summed E-state index contributed by atoms with van der Waals surface area (Å²) >= 11 is 0. The van der Waals surface area contributed by atoms with Crippen molar-refractivity contribution in [2.24, 2.45) is 7.05 Å². The molecule has 5 nitrogen and oxygen atoms in total. The second-order valence-corrected chi connectivity index (χ2v) is 7.94. The van der Waals surface area contributed by atoms with Gasteiger partial charge in [-0.2, -0.15) is 13.2 Å². The third-order valence-corrected chi connectivity index (χ3v) is 4.90. The molecule has 1 amide bonds. The summed E-state index contributed by atoms with van der Waals surface area (Å²) in [6, 6.07) is 7.50. The van der Waals surface area contributed by atoms with E-state index in [1.165, 1.54) is 35.6 Å². The third-order valence-electron chi connectivity index (χ3n) is 4.90. The topological polar surface area (TPSA) is 47.4 Å². The zero-order valence-electron chi connectivity index (χ0n) is 18.4. The molecule has 0 fully saturated rings. The van der Waals surface area contributed by atoms with Crippen LogP contribution in [0.25, 0.3) is 11.1 Å². The van der Waals surface area contributed by atoms with E-state index in [1.54, 1.807) is 25.5 Å². The highest BCUT2D eigenvalue weighted by atomic mass is 19.4. The molecular formula is C23H21F6N3O2. The molecule has 0 aliphatic carbocycles. The van der Waals surface area contributed by atoms with Gasteiger partial charge in [-0.3, -0.25) is 4.79 Å². The molecule has 2 aromatic carbocycles. The highest BCUT2D eigenvalue weighted by Crippen LogP contribution is 2.35. The Morgan fingerprint density at radius 3 is 2.18 bits per heavy atom. The van der Waals surface area contributed by atoms with Gasteiger partial charge < -0.3 is 14.2 Å². The summed E-state index contributed by atoms with van der Waals surface area (Å²) in [6.07, 6.45) is -6.59. The molecule has 0 bridgehead atoms. The zero-order valence-corrected chi connectivity index (χ0v) is 18.4. The van der Waals surface area contributed by atoms with E-state index in [-0.39, 0.29) is 35.0 Å². The Labute approximate surface area is 191 Å². The quantitative estimate of drug-likeness (QED) is 0.399. The van der Waals surface area contributed by atoms with Gasteiger partial charge in [-0.15, -0.1) is 13.2 Å².